The highest BCUT2D eigenvalue weighted by atomic mass is 16.5. The van der Waals surface area contributed by atoms with Crippen LogP contribution in [-0.2, 0) is 9.53 Å². The van der Waals surface area contributed by atoms with E-state index in [1.54, 1.807) is 7.11 Å². The Balaban J connectivity index is 4.39. The monoisotopic (exact) mass is 215 g/mol. The van der Waals surface area contributed by atoms with Gasteiger partial charge in [-0.2, -0.15) is 0 Å². The topological polar surface area (TPSA) is 29.5 Å². The number of carbonyl (C=O) groups excluding carboxylic acids is 1. The van der Waals surface area contributed by atoms with Crippen LogP contribution in [0, 0.1) is 0 Å². The van der Waals surface area contributed by atoms with Gasteiger partial charge >= 0.3 is 0 Å². The molecule has 0 bridgehead atoms. The average molecular weight is 215 g/mol. The molecular formula is C12H25NO2. The smallest absolute Gasteiger partial charge is 0.251 e. The normalized spacial score (nSPS) is 14.7. The van der Waals surface area contributed by atoms with E-state index >= 15 is 0 Å². The molecule has 0 aliphatic heterocycles. The van der Waals surface area contributed by atoms with E-state index in [2.05, 4.69) is 20.8 Å². The number of ether oxygens (including phenoxy) is 1. The molecule has 0 spiro atoms. The van der Waals surface area contributed by atoms with E-state index in [0.29, 0.717) is 6.04 Å². The summed E-state index contributed by atoms with van der Waals surface area (Å²) in [5.41, 5.74) is 0. The van der Waals surface area contributed by atoms with Crippen LogP contribution in [0.1, 0.15) is 47.0 Å². The summed E-state index contributed by atoms with van der Waals surface area (Å²) in [5.74, 6) is 0.111. The second-order valence-electron chi connectivity index (χ2n) is 4.02. The van der Waals surface area contributed by atoms with Gasteiger partial charge in [-0.25, -0.2) is 0 Å². The largest absolute Gasteiger partial charge is 0.372 e. The van der Waals surface area contributed by atoms with Gasteiger partial charge in [-0.3, -0.25) is 4.79 Å². The van der Waals surface area contributed by atoms with Crippen LogP contribution in [0.25, 0.3) is 0 Å². The van der Waals surface area contributed by atoms with Crippen LogP contribution in [0.15, 0.2) is 0 Å². The number of hydrogen-bond donors (Lipinski definition) is 0. The highest BCUT2D eigenvalue weighted by molar-refractivity contribution is 5.80. The van der Waals surface area contributed by atoms with Crippen molar-refractivity contribution in [1.29, 1.82) is 0 Å². The first-order valence-electron chi connectivity index (χ1n) is 5.91. The highest BCUT2D eigenvalue weighted by Gasteiger charge is 2.23. The lowest BCUT2D eigenvalue weighted by Crippen LogP contribution is -2.44. The Kier molecular flexibility index (Phi) is 7.39. The molecular weight excluding hydrogens is 190 g/mol. The summed E-state index contributed by atoms with van der Waals surface area (Å²) in [7, 11) is 1.58. The minimum atomic E-state index is -0.323. The molecule has 0 saturated heterocycles. The summed E-state index contributed by atoms with van der Waals surface area (Å²) in [6.07, 6.45) is 2.84. The second-order valence-corrected chi connectivity index (χ2v) is 4.02. The SMILES string of the molecule is CCCCN(C(=O)C(C)OC)C(C)CC. The zero-order valence-corrected chi connectivity index (χ0v) is 10.7. The van der Waals surface area contributed by atoms with Gasteiger partial charge in [0, 0.05) is 19.7 Å². The van der Waals surface area contributed by atoms with Crippen molar-refractivity contribution < 1.29 is 9.53 Å². The third kappa shape index (κ3) is 4.65. The maximum Gasteiger partial charge on any atom is 0.251 e. The Morgan fingerprint density at radius 2 is 1.93 bits per heavy atom. The van der Waals surface area contributed by atoms with Crippen molar-refractivity contribution in [1.82, 2.24) is 4.90 Å². The summed E-state index contributed by atoms with van der Waals surface area (Å²) in [6.45, 7) is 8.99. The fourth-order valence-corrected chi connectivity index (χ4v) is 1.43. The molecule has 90 valence electrons. The van der Waals surface area contributed by atoms with E-state index in [1.807, 2.05) is 11.8 Å². The number of methoxy groups -OCH3 is 1. The molecule has 3 heteroatoms. The zero-order chi connectivity index (χ0) is 11.8. The van der Waals surface area contributed by atoms with Crippen LogP contribution in [0.5, 0.6) is 0 Å². The number of amides is 1. The molecule has 2 atom stereocenters. The lowest BCUT2D eigenvalue weighted by Gasteiger charge is -2.30. The first-order valence-corrected chi connectivity index (χ1v) is 5.91. The number of rotatable bonds is 7. The Morgan fingerprint density at radius 3 is 2.33 bits per heavy atom. The van der Waals surface area contributed by atoms with E-state index in [4.69, 9.17) is 4.74 Å². The number of hydrogen-bond acceptors (Lipinski definition) is 2. The maximum atomic E-state index is 12.0. The molecule has 15 heavy (non-hydrogen) atoms. The van der Waals surface area contributed by atoms with Crippen molar-refractivity contribution in [3.63, 3.8) is 0 Å². The van der Waals surface area contributed by atoms with Crippen LogP contribution in [0.4, 0.5) is 0 Å². The molecule has 0 aliphatic rings. The van der Waals surface area contributed by atoms with Gasteiger partial charge in [0.1, 0.15) is 6.10 Å². The van der Waals surface area contributed by atoms with E-state index in [-0.39, 0.29) is 12.0 Å². The van der Waals surface area contributed by atoms with E-state index in [9.17, 15) is 4.79 Å². The van der Waals surface area contributed by atoms with Crippen LogP contribution in [0.2, 0.25) is 0 Å². The average Bonchev–Trinajstić information content (AvgIpc) is 2.27. The van der Waals surface area contributed by atoms with Crippen molar-refractivity contribution in [3.05, 3.63) is 0 Å². The zero-order valence-electron chi connectivity index (χ0n) is 10.7. The van der Waals surface area contributed by atoms with Gasteiger partial charge in [-0.1, -0.05) is 20.3 Å². The predicted octanol–water partition coefficient (Wildman–Crippen LogP) is 2.45. The quantitative estimate of drug-likeness (QED) is 0.653. The summed E-state index contributed by atoms with van der Waals surface area (Å²) >= 11 is 0. The molecule has 0 aliphatic carbocycles. The molecule has 0 rings (SSSR count). The first-order chi connectivity index (χ1) is 7.08. The first kappa shape index (κ1) is 14.4. The van der Waals surface area contributed by atoms with E-state index < -0.39 is 0 Å². The molecule has 0 aromatic heterocycles. The van der Waals surface area contributed by atoms with Gasteiger partial charge < -0.3 is 9.64 Å². The molecule has 0 aromatic carbocycles. The Morgan fingerprint density at radius 1 is 1.33 bits per heavy atom. The summed E-state index contributed by atoms with van der Waals surface area (Å²) in [6, 6.07) is 0.307. The minimum absolute atomic E-state index is 0.111. The molecule has 0 heterocycles. The Hall–Kier alpha value is -0.570. The number of carbonyl (C=O) groups is 1. The maximum absolute atomic E-state index is 12.0. The van der Waals surface area contributed by atoms with Gasteiger partial charge in [0.05, 0.1) is 0 Å². The Labute approximate surface area is 93.8 Å². The number of nitrogens with zero attached hydrogens (tertiary/aromatic N) is 1. The van der Waals surface area contributed by atoms with Gasteiger partial charge in [-0.05, 0) is 26.7 Å². The molecule has 0 radical (unpaired) electrons. The standard InChI is InChI=1S/C12H25NO2/c1-6-8-9-13(10(3)7-2)12(14)11(4)15-5/h10-11H,6-9H2,1-5H3. The molecule has 0 N–H and O–H groups in total. The number of unbranched alkanes of at least 4 members (excludes halogenated alkanes) is 1. The minimum Gasteiger partial charge on any atom is -0.372 e. The highest BCUT2D eigenvalue weighted by Crippen LogP contribution is 2.09. The van der Waals surface area contributed by atoms with Crippen molar-refractivity contribution in [3.8, 4) is 0 Å². The van der Waals surface area contributed by atoms with Gasteiger partial charge in [0.25, 0.3) is 5.91 Å². The lowest BCUT2D eigenvalue weighted by molar-refractivity contribution is -0.143. The van der Waals surface area contributed by atoms with Gasteiger partial charge in [-0.15, -0.1) is 0 Å². The fraction of sp³-hybridized carbons (Fsp3) is 0.917. The second kappa shape index (κ2) is 7.69. The molecule has 3 nitrogen and oxygen atoms in total. The summed E-state index contributed by atoms with van der Waals surface area (Å²) < 4.78 is 5.08. The van der Waals surface area contributed by atoms with Crippen molar-refractivity contribution in [2.75, 3.05) is 13.7 Å². The molecule has 1 amide bonds. The fourth-order valence-electron chi connectivity index (χ4n) is 1.43. The third-order valence-electron chi connectivity index (χ3n) is 2.86. The van der Waals surface area contributed by atoms with Gasteiger partial charge in [0.15, 0.2) is 0 Å². The molecule has 0 saturated carbocycles. The van der Waals surface area contributed by atoms with E-state index in [1.165, 1.54) is 0 Å². The van der Waals surface area contributed by atoms with E-state index in [0.717, 1.165) is 25.8 Å². The van der Waals surface area contributed by atoms with Crippen LogP contribution >= 0.6 is 0 Å². The summed E-state index contributed by atoms with van der Waals surface area (Å²) in [5, 5.41) is 0. The van der Waals surface area contributed by atoms with Crippen LogP contribution < -0.4 is 0 Å². The van der Waals surface area contributed by atoms with Crippen molar-refractivity contribution >= 4 is 5.91 Å². The van der Waals surface area contributed by atoms with Crippen molar-refractivity contribution in [2.24, 2.45) is 0 Å². The molecule has 2 unspecified atom stereocenters. The third-order valence-corrected chi connectivity index (χ3v) is 2.86. The van der Waals surface area contributed by atoms with Crippen molar-refractivity contribution in [2.45, 2.75) is 59.1 Å². The molecule has 0 aromatic rings. The lowest BCUT2D eigenvalue weighted by atomic mass is 10.1. The van der Waals surface area contributed by atoms with Gasteiger partial charge in [0.2, 0.25) is 0 Å². The van der Waals surface area contributed by atoms with Crippen LogP contribution in [-0.4, -0.2) is 36.6 Å². The summed E-state index contributed by atoms with van der Waals surface area (Å²) in [4.78, 5) is 13.9. The van der Waals surface area contributed by atoms with Crippen LogP contribution in [0.3, 0.4) is 0 Å². The predicted molar refractivity (Wildman–Crippen MR) is 62.8 cm³/mol. The molecule has 0 fully saturated rings. The Bertz CT molecular complexity index is 182.